The van der Waals surface area contributed by atoms with E-state index in [2.05, 4.69) is 17.2 Å². The van der Waals surface area contributed by atoms with Crippen molar-refractivity contribution in [3.05, 3.63) is 17.8 Å². The van der Waals surface area contributed by atoms with Crippen LogP contribution >= 0.6 is 0 Å². The van der Waals surface area contributed by atoms with Gasteiger partial charge in [-0.2, -0.15) is 0 Å². The molecule has 0 saturated carbocycles. The Balaban J connectivity index is 1.93. The van der Waals surface area contributed by atoms with Gasteiger partial charge in [-0.3, -0.25) is 4.79 Å². The first-order chi connectivity index (χ1) is 8.70. The van der Waals surface area contributed by atoms with Crippen molar-refractivity contribution in [1.82, 2.24) is 15.2 Å². The van der Waals surface area contributed by atoms with Crippen molar-refractivity contribution in [2.75, 3.05) is 13.1 Å². The maximum atomic E-state index is 12.2. The van der Waals surface area contributed by atoms with Crippen LogP contribution < -0.4 is 5.32 Å². The van der Waals surface area contributed by atoms with Gasteiger partial charge in [0.25, 0.3) is 0 Å². The van der Waals surface area contributed by atoms with Crippen molar-refractivity contribution in [1.29, 1.82) is 0 Å². The summed E-state index contributed by atoms with van der Waals surface area (Å²) in [4.78, 5) is 18.2. The second kappa shape index (κ2) is 6.00. The standard InChI is InChI=1S/C13H21N3O2/c1-3-6-14-11-5-4-7-16(13(11)17)9-12-15-8-10(2)18-12/h8,11,14H,3-7,9H2,1-2H3. The minimum absolute atomic E-state index is 0.0326. The molecule has 1 N–H and O–H groups in total. The summed E-state index contributed by atoms with van der Waals surface area (Å²) in [6.45, 7) is 6.14. The highest BCUT2D eigenvalue weighted by atomic mass is 16.4. The lowest BCUT2D eigenvalue weighted by molar-refractivity contribution is -0.136. The number of aryl methyl sites for hydroxylation is 1. The molecule has 1 unspecified atom stereocenters. The summed E-state index contributed by atoms with van der Waals surface area (Å²) in [5.41, 5.74) is 0. The lowest BCUT2D eigenvalue weighted by Crippen LogP contribution is -2.50. The maximum absolute atomic E-state index is 12.2. The lowest BCUT2D eigenvalue weighted by atomic mass is 10.0. The van der Waals surface area contributed by atoms with Crippen LogP contribution in [0.5, 0.6) is 0 Å². The molecular weight excluding hydrogens is 230 g/mol. The number of hydrogen-bond acceptors (Lipinski definition) is 4. The first kappa shape index (κ1) is 13.1. The molecule has 0 radical (unpaired) electrons. The van der Waals surface area contributed by atoms with Crippen molar-refractivity contribution in [2.24, 2.45) is 0 Å². The fourth-order valence-electron chi connectivity index (χ4n) is 2.24. The maximum Gasteiger partial charge on any atom is 0.240 e. The zero-order chi connectivity index (χ0) is 13.0. The second-order valence-corrected chi connectivity index (χ2v) is 4.77. The van der Waals surface area contributed by atoms with Gasteiger partial charge in [-0.1, -0.05) is 6.92 Å². The number of nitrogens with zero attached hydrogens (tertiary/aromatic N) is 2. The number of rotatable bonds is 5. The molecule has 0 spiro atoms. The van der Waals surface area contributed by atoms with E-state index in [1.807, 2.05) is 11.8 Å². The second-order valence-electron chi connectivity index (χ2n) is 4.77. The zero-order valence-corrected chi connectivity index (χ0v) is 11.1. The van der Waals surface area contributed by atoms with E-state index in [0.717, 1.165) is 38.1 Å². The molecule has 5 heteroatoms. The third-order valence-corrected chi connectivity index (χ3v) is 3.17. The van der Waals surface area contributed by atoms with E-state index in [-0.39, 0.29) is 11.9 Å². The number of likely N-dealkylation sites (tertiary alicyclic amines) is 1. The van der Waals surface area contributed by atoms with Crippen LogP contribution in [0.1, 0.15) is 37.8 Å². The highest BCUT2D eigenvalue weighted by Gasteiger charge is 2.28. The number of carbonyl (C=O) groups is 1. The number of aromatic nitrogens is 1. The van der Waals surface area contributed by atoms with Crippen LogP contribution in [-0.2, 0) is 11.3 Å². The summed E-state index contributed by atoms with van der Waals surface area (Å²) in [6, 6.07) is -0.0326. The molecule has 1 saturated heterocycles. The molecule has 100 valence electrons. The molecule has 0 bridgehead atoms. The summed E-state index contributed by atoms with van der Waals surface area (Å²) in [5.74, 6) is 1.58. The molecule has 0 aromatic carbocycles. The van der Waals surface area contributed by atoms with Crippen LogP contribution in [0, 0.1) is 6.92 Å². The largest absolute Gasteiger partial charge is 0.444 e. The van der Waals surface area contributed by atoms with Crippen molar-refractivity contribution in [3.63, 3.8) is 0 Å². The predicted octanol–water partition coefficient (Wildman–Crippen LogP) is 1.47. The van der Waals surface area contributed by atoms with Gasteiger partial charge in [0.2, 0.25) is 11.8 Å². The number of hydrogen-bond donors (Lipinski definition) is 1. The van der Waals surface area contributed by atoms with Gasteiger partial charge in [-0.05, 0) is 32.7 Å². The summed E-state index contributed by atoms with van der Waals surface area (Å²) in [6.07, 6.45) is 4.70. The van der Waals surface area contributed by atoms with Gasteiger partial charge >= 0.3 is 0 Å². The smallest absolute Gasteiger partial charge is 0.240 e. The molecule has 1 amide bonds. The Bertz CT molecular complexity index is 403. The molecule has 18 heavy (non-hydrogen) atoms. The third-order valence-electron chi connectivity index (χ3n) is 3.17. The van der Waals surface area contributed by atoms with Gasteiger partial charge in [-0.25, -0.2) is 4.98 Å². The Morgan fingerprint density at radius 1 is 1.61 bits per heavy atom. The fraction of sp³-hybridized carbons (Fsp3) is 0.692. The van der Waals surface area contributed by atoms with Crippen molar-refractivity contribution < 1.29 is 9.21 Å². The van der Waals surface area contributed by atoms with Crippen LogP contribution in [0.2, 0.25) is 0 Å². The third kappa shape index (κ3) is 3.10. The van der Waals surface area contributed by atoms with Crippen molar-refractivity contribution in [2.45, 2.75) is 45.7 Å². The molecule has 2 rings (SSSR count). The van der Waals surface area contributed by atoms with Gasteiger partial charge in [-0.15, -0.1) is 0 Å². The first-order valence-electron chi connectivity index (χ1n) is 6.64. The SMILES string of the molecule is CCCNC1CCCN(Cc2ncc(C)o2)C1=O. The van der Waals surface area contributed by atoms with Gasteiger partial charge in [0, 0.05) is 6.54 Å². The number of oxazole rings is 1. The summed E-state index contributed by atoms with van der Waals surface area (Å²) in [7, 11) is 0. The van der Waals surface area contributed by atoms with Crippen LogP contribution in [0.3, 0.4) is 0 Å². The van der Waals surface area contributed by atoms with Gasteiger partial charge in [0.1, 0.15) is 5.76 Å². The van der Waals surface area contributed by atoms with Crippen LogP contribution in [0.25, 0.3) is 0 Å². The summed E-state index contributed by atoms with van der Waals surface area (Å²) >= 11 is 0. The molecule has 1 aromatic rings. The molecule has 2 heterocycles. The number of carbonyl (C=O) groups excluding carboxylic acids is 1. The number of amides is 1. The van der Waals surface area contributed by atoms with E-state index in [9.17, 15) is 4.79 Å². The average Bonchev–Trinajstić information content (AvgIpc) is 2.76. The molecule has 1 aliphatic heterocycles. The topological polar surface area (TPSA) is 58.4 Å². The van der Waals surface area contributed by atoms with Crippen LogP contribution in [0.15, 0.2) is 10.6 Å². The molecule has 1 atom stereocenters. The predicted molar refractivity (Wildman–Crippen MR) is 68.0 cm³/mol. The average molecular weight is 251 g/mol. The van der Waals surface area contributed by atoms with Gasteiger partial charge in [0.15, 0.2) is 0 Å². The molecule has 1 aromatic heterocycles. The number of piperidine rings is 1. The van der Waals surface area contributed by atoms with Crippen molar-refractivity contribution >= 4 is 5.91 Å². The Kier molecular flexibility index (Phi) is 4.36. The Morgan fingerprint density at radius 2 is 2.44 bits per heavy atom. The Hall–Kier alpha value is -1.36. The highest BCUT2D eigenvalue weighted by molar-refractivity contribution is 5.82. The van der Waals surface area contributed by atoms with E-state index >= 15 is 0 Å². The molecule has 1 fully saturated rings. The summed E-state index contributed by atoms with van der Waals surface area (Å²) < 4.78 is 5.43. The first-order valence-corrected chi connectivity index (χ1v) is 6.64. The Labute approximate surface area is 108 Å². The lowest BCUT2D eigenvalue weighted by Gasteiger charge is -2.31. The zero-order valence-electron chi connectivity index (χ0n) is 11.1. The molecular formula is C13H21N3O2. The number of nitrogens with one attached hydrogen (secondary N) is 1. The van der Waals surface area contributed by atoms with Crippen molar-refractivity contribution in [3.8, 4) is 0 Å². The van der Waals surface area contributed by atoms with E-state index in [1.165, 1.54) is 0 Å². The fourth-order valence-corrected chi connectivity index (χ4v) is 2.24. The van der Waals surface area contributed by atoms with E-state index < -0.39 is 0 Å². The summed E-state index contributed by atoms with van der Waals surface area (Å²) in [5, 5.41) is 3.30. The van der Waals surface area contributed by atoms with Crippen LogP contribution in [-0.4, -0.2) is 34.9 Å². The van der Waals surface area contributed by atoms with Crippen LogP contribution in [0.4, 0.5) is 0 Å². The normalized spacial score (nSPS) is 20.4. The molecule has 0 aliphatic carbocycles. The minimum atomic E-state index is -0.0326. The van der Waals surface area contributed by atoms with Gasteiger partial charge < -0.3 is 14.6 Å². The van der Waals surface area contributed by atoms with Gasteiger partial charge in [0.05, 0.1) is 18.8 Å². The van der Waals surface area contributed by atoms with E-state index in [1.54, 1.807) is 6.20 Å². The Morgan fingerprint density at radius 3 is 3.11 bits per heavy atom. The van der Waals surface area contributed by atoms with E-state index in [0.29, 0.717) is 12.4 Å². The molecule has 1 aliphatic rings. The monoisotopic (exact) mass is 251 g/mol. The van der Waals surface area contributed by atoms with E-state index in [4.69, 9.17) is 4.42 Å². The quantitative estimate of drug-likeness (QED) is 0.861. The highest BCUT2D eigenvalue weighted by Crippen LogP contribution is 2.15. The minimum Gasteiger partial charge on any atom is -0.444 e. The molecule has 5 nitrogen and oxygen atoms in total.